The van der Waals surface area contributed by atoms with E-state index in [2.05, 4.69) is 65.3 Å². The van der Waals surface area contributed by atoms with Crippen LogP contribution < -0.4 is 4.90 Å². The number of carbonyl (C=O) groups excluding carboxylic acids is 1. The number of amides is 1. The van der Waals surface area contributed by atoms with Crippen LogP contribution in [-0.2, 0) is 9.47 Å². The Morgan fingerprint density at radius 1 is 1.08 bits per heavy atom. The average molecular weight is 522 g/mol. The van der Waals surface area contributed by atoms with Crippen molar-refractivity contribution < 1.29 is 14.3 Å². The van der Waals surface area contributed by atoms with Gasteiger partial charge in [-0.1, -0.05) is 18.2 Å². The predicted molar refractivity (Wildman–Crippen MR) is 152 cm³/mol. The van der Waals surface area contributed by atoms with Gasteiger partial charge in [0.05, 0.1) is 22.9 Å². The van der Waals surface area contributed by atoms with Gasteiger partial charge in [-0.2, -0.15) is 5.10 Å². The molecule has 1 aliphatic carbocycles. The zero-order valence-corrected chi connectivity index (χ0v) is 23.6. The largest absolute Gasteiger partial charge is 0.447 e. The number of allylic oxidation sites excluding steroid dienone is 3. The number of nitrogens with zero attached hydrogens (tertiary/aromatic N) is 5. The van der Waals surface area contributed by atoms with Crippen molar-refractivity contribution in [1.82, 2.24) is 19.4 Å². The molecule has 5 rings (SSSR count). The summed E-state index contributed by atoms with van der Waals surface area (Å²) in [5.74, 6) is 0.398. The minimum atomic E-state index is -0.223. The lowest BCUT2D eigenvalue weighted by Gasteiger charge is -2.46. The summed E-state index contributed by atoms with van der Waals surface area (Å²) in [6, 6.07) is 4.91. The number of fused-ring (bicyclic) bond motifs is 1. The molecule has 0 aromatic carbocycles. The molecule has 8 nitrogen and oxygen atoms in total. The zero-order chi connectivity index (χ0) is 26.9. The first kappa shape index (κ1) is 26.8. The molecule has 2 aliphatic heterocycles. The number of aromatic nitrogens is 2. The van der Waals surface area contributed by atoms with Crippen LogP contribution in [-0.4, -0.2) is 89.6 Å². The second kappa shape index (κ2) is 11.1. The lowest BCUT2D eigenvalue weighted by molar-refractivity contribution is -0.0886. The van der Waals surface area contributed by atoms with Crippen molar-refractivity contribution >= 4 is 22.9 Å². The Labute approximate surface area is 226 Å². The summed E-state index contributed by atoms with van der Waals surface area (Å²) in [7, 11) is 1.89. The maximum atomic E-state index is 12.3. The molecular weight excluding hydrogens is 478 g/mol. The van der Waals surface area contributed by atoms with Crippen molar-refractivity contribution in [2.75, 3.05) is 51.3 Å². The van der Waals surface area contributed by atoms with E-state index in [1.807, 2.05) is 31.7 Å². The average Bonchev–Trinajstić information content (AvgIpc) is 3.37. The molecule has 0 N–H and O–H groups in total. The Hall–Kier alpha value is -2.84. The van der Waals surface area contributed by atoms with Gasteiger partial charge in [0, 0.05) is 76.3 Å². The monoisotopic (exact) mass is 521 g/mol. The van der Waals surface area contributed by atoms with E-state index in [4.69, 9.17) is 9.47 Å². The molecule has 2 aromatic heterocycles. The third-order valence-electron chi connectivity index (χ3n) is 8.59. The molecule has 8 heteroatoms. The summed E-state index contributed by atoms with van der Waals surface area (Å²) in [5, 5.41) is 4.59. The van der Waals surface area contributed by atoms with Crippen molar-refractivity contribution in [3.63, 3.8) is 0 Å². The molecule has 0 radical (unpaired) electrons. The second-order valence-electron chi connectivity index (χ2n) is 11.4. The number of piperidine rings is 1. The van der Waals surface area contributed by atoms with E-state index in [0.29, 0.717) is 25.0 Å². The fourth-order valence-electron chi connectivity index (χ4n) is 6.20. The number of rotatable bonds is 6. The number of carbonyl (C=O) groups is 1. The summed E-state index contributed by atoms with van der Waals surface area (Å²) in [6.45, 7) is 13.4. The number of methoxy groups -OCH3 is 1. The summed E-state index contributed by atoms with van der Waals surface area (Å²) in [5.41, 5.74) is 4.58. The summed E-state index contributed by atoms with van der Waals surface area (Å²) < 4.78 is 13.6. The smallest absolute Gasteiger partial charge is 0.410 e. The van der Waals surface area contributed by atoms with Crippen molar-refractivity contribution in [1.29, 1.82) is 0 Å². The van der Waals surface area contributed by atoms with Crippen molar-refractivity contribution in [2.45, 2.75) is 64.7 Å². The van der Waals surface area contributed by atoms with E-state index in [9.17, 15) is 4.79 Å². The SMILES string of the molecule is COC1(C2C=CC(c3cc4c(N5CCN(C(=O)OC(C)C)CC5)ccnn4c3)=CC2)CCN(C(C)C)CC1. The van der Waals surface area contributed by atoms with Gasteiger partial charge in [0.2, 0.25) is 0 Å². The van der Waals surface area contributed by atoms with Gasteiger partial charge in [-0.3, -0.25) is 0 Å². The fraction of sp³-hybridized carbons (Fsp3) is 0.600. The van der Waals surface area contributed by atoms with E-state index in [1.165, 1.54) is 11.1 Å². The van der Waals surface area contributed by atoms with Gasteiger partial charge in [-0.05, 0) is 64.7 Å². The standard InChI is InChI=1S/C30H43N5O3/c1-22(2)32-14-11-30(37-5,12-15-32)26-8-6-24(7-9-26)25-20-28-27(10-13-31-35(28)21-25)33-16-18-34(19-17-33)29(36)38-23(3)4/h6-8,10,13,20-23,26H,9,11-12,14-19H2,1-5H3. The van der Waals surface area contributed by atoms with Gasteiger partial charge in [-0.15, -0.1) is 0 Å². The number of ether oxygens (including phenoxy) is 2. The Bertz CT molecular complexity index is 1180. The molecule has 3 aliphatic rings. The highest BCUT2D eigenvalue weighted by Crippen LogP contribution is 2.40. The first-order chi connectivity index (χ1) is 18.3. The number of anilines is 1. The van der Waals surface area contributed by atoms with Crippen LogP contribution in [0.3, 0.4) is 0 Å². The van der Waals surface area contributed by atoms with E-state index in [0.717, 1.165) is 56.6 Å². The highest BCUT2D eigenvalue weighted by Gasteiger charge is 2.41. The maximum Gasteiger partial charge on any atom is 0.410 e. The summed E-state index contributed by atoms with van der Waals surface area (Å²) in [6.07, 6.45) is 13.8. The molecule has 0 saturated carbocycles. The fourth-order valence-corrected chi connectivity index (χ4v) is 6.20. The quantitative estimate of drug-likeness (QED) is 0.542. The number of likely N-dealkylation sites (tertiary alicyclic amines) is 1. The summed E-state index contributed by atoms with van der Waals surface area (Å²) >= 11 is 0. The Balaban J connectivity index is 1.27. The van der Waals surface area contributed by atoms with Gasteiger partial charge in [0.15, 0.2) is 0 Å². The Kier molecular flexibility index (Phi) is 7.82. The van der Waals surface area contributed by atoms with Crippen LogP contribution in [0.5, 0.6) is 0 Å². The van der Waals surface area contributed by atoms with Gasteiger partial charge >= 0.3 is 6.09 Å². The second-order valence-corrected chi connectivity index (χ2v) is 11.4. The molecule has 1 unspecified atom stereocenters. The Morgan fingerprint density at radius 3 is 2.42 bits per heavy atom. The zero-order valence-electron chi connectivity index (χ0n) is 23.6. The normalized spacial score (nSPS) is 22.4. The van der Waals surface area contributed by atoms with E-state index in [-0.39, 0.29) is 17.8 Å². The van der Waals surface area contributed by atoms with Crippen LogP contribution in [0.2, 0.25) is 0 Å². The van der Waals surface area contributed by atoms with Crippen LogP contribution in [0.1, 0.15) is 52.5 Å². The van der Waals surface area contributed by atoms with Crippen LogP contribution in [0.15, 0.2) is 42.8 Å². The molecular formula is C30H43N5O3. The molecule has 2 saturated heterocycles. The molecule has 1 atom stereocenters. The highest BCUT2D eigenvalue weighted by molar-refractivity contribution is 5.82. The number of hydrogen-bond donors (Lipinski definition) is 0. The highest BCUT2D eigenvalue weighted by atomic mass is 16.6. The molecule has 1 amide bonds. The topological polar surface area (TPSA) is 62.6 Å². The van der Waals surface area contributed by atoms with E-state index < -0.39 is 0 Å². The maximum absolute atomic E-state index is 12.3. The summed E-state index contributed by atoms with van der Waals surface area (Å²) in [4.78, 5) is 19.0. The Morgan fingerprint density at radius 2 is 1.82 bits per heavy atom. The van der Waals surface area contributed by atoms with Crippen LogP contribution in [0, 0.1) is 5.92 Å². The van der Waals surface area contributed by atoms with Crippen molar-refractivity contribution in [3.8, 4) is 0 Å². The third kappa shape index (κ3) is 5.34. The molecule has 2 aromatic rings. The van der Waals surface area contributed by atoms with Gasteiger partial charge in [0.25, 0.3) is 0 Å². The van der Waals surface area contributed by atoms with E-state index in [1.54, 1.807) is 4.90 Å². The molecule has 0 spiro atoms. The van der Waals surface area contributed by atoms with Gasteiger partial charge < -0.3 is 24.2 Å². The van der Waals surface area contributed by atoms with Crippen molar-refractivity contribution in [2.24, 2.45) is 5.92 Å². The van der Waals surface area contributed by atoms with Gasteiger partial charge in [-0.25, -0.2) is 9.31 Å². The third-order valence-corrected chi connectivity index (χ3v) is 8.59. The van der Waals surface area contributed by atoms with Crippen LogP contribution in [0.25, 0.3) is 11.1 Å². The number of piperazine rings is 1. The lowest BCUT2D eigenvalue weighted by Crippen LogP contribution is -2.51. The van der Waals surface area contributed by atoms with Gasteiger partial charge in [0.1, 0.15) is 0 Å². The lowest BCUT2D eigenvalue weighted by atomic mass is 9.75. The van der Waals surface area contributed by atoms with Crippen LogP contribution >= 0.6 is 0 Å². The molecule has 38 heavy (non-hydrogen) atoms. The molecule has 4 heterocycles. The molecule has 2 fully saturated rings. The molecule has 206 valence electrons. The van der Waals surface area contributed by atoms with Crippen LogP contribution in [0.4, 0.5) is 10.5 Å². The number of hydrogen-bond acceptors (Lipinski definition) is 6. The first-order valence-corrected chi connectivity index (χ1v) is 14.2. The molecule has 0 bridgehead atoms. The van der Waals surface area contributed by atoms with E-state index >= 15 is 0 Å². The minimum Gasteiger partial charge on any atom is -0.447 e. The minimum absolute atomic E-state index is 0.0755. The first-order valence-electron chi connectivity index (χ1n) is 14.2. The van der Waals surface area contributed by atoms with Crippen molar-refractivity contribution in [3.05, 3.63) is 48.3 Å². The predicted octanol–water partition coefficient (Wildman–Crippen LogP) is 4.85.